The minimum absolute atomic E-state index is 0.191. The van der Waals surface area contributed by atoms with Crippen LogP contribution in [0.1, 0.15) is 27.7 Å². The first-order valence-electron chi connectivity index (χ1n) is 8.83. The van der Waals surface area contributed by atoms with E-state index in [1.807, 2.05) is 20.8 Å². The van der Waals surface area contributed by atoms with Crippen molar-refractivity contribution in [3.63, 3.8) is 0 Å². The standard InChI is InChI=1S/C18H26F3NO3Si/c1-6-26(7-2,8-3)25-17(4)15(18(19,20)21)22(16(17)23)13-9-11-14(24-5)12-10-13/h9-12,15H,6-8H2,1-5H3/t15-,17-/m1/s1. The van der Waals surface area contributed by atoms with Gasteiger partial charge in [-0.3, -0.25) is 9.69 Å². The second-order valence-corrected chi connectivity index (χ2v) is 11.5. The smallest absolute Gasteiger partial charge is 0.412 e. The Hall–Kier alpha value is -1.54. The lowest BCUT2D eigenvalue weighted by molar-refractivity contribution is -0.211. The molecule has 1 amide bonds. The number of nitrogens with zero attached hydrogens (tertiary/aromatic N) is 1. The highest BCUT2D eigenvalue weighted by Crippen LogP contribution is 2.48. The fraction of sp³-hybridized carbons (Fsp3) is 0.611. The Labute approximate surface area is 153 Å². The Morgan fingerprint density at radius 1 is 1.12 bits per heavy atom. The van der Waals surface area contributed by atoms with Crippen molar-refractivity contribution in [2.24, 2.45) is 0 Å². The number of hydrogen-bond donors (Lipinski definition) is 0. The van der Waals surface area contributed by atoms with Crippen LogP contribution < -0.4 is 9.64 Å². The number of hydrogen-bond acceptors (Lipinski definition) is 3. The van der Waals surface area contributed by atoms with Crippen LogP contribution in [-0.2, 0) is 9.22 Å². The molecular weight excluding hydrogens is 363 g/mol. The Bertz CT molecular complexity index is 638. The molecule has 146 valence electrons. The fourth-order valence-corrected chi connectivity index (χ4v) is 6.67. The van der Waals surface area contributed by atoms with Gasteiger partial charge in [-0.15, -0.1) is 0 Å². The highest BCUT2D eigenvalue weighted by molar-refractivity contribution is 6.73. The molecule has 0 bridgehead atoms. The summed E-state index contributed by atoms with van der Waals surface area (Å²) in [6.45, 7) is 7.07. The summed E-state index contributed by atoms with van der Waals surface area (Å²) in [6.07, 6.45) is -4.59. The van der Waals surface area contributed by atoms with Crippen LogP contribution >= 0.6 is 0 Å². The van der Waals surface area contributed by atoms with E-state index < -0.39 is 32.0 Å². The van der Waals surface area contributed by atoms with Crippen LogP contribution in [0.15, 0.2) is 24.3 Å². The second kappa shape index (κ2) is 7.23. The first-order chi connectivity index (χ1) is 12.1. The van der Waals surface area contributed by atoms with Gasteiger partial charge in [-0.2, -0.15) is 13.2 Å². The van der Waals surface area contributed by atoms with E-state index in [1.165, 1.54) is 38.3 Å². The van der Waals surface area contributed by atoms with Gasteiger partial charge >= 0.3 is 6.18 Å². The molecule has 26 heavy (non-hydrogen) atoms. The average Bonchev–Trinajstić information content (AvgIpc) is 2.62. The van der Waals surface area contributed by atoms with Crippen molar-refractivity contribution in [2.75, 3.05) is 12.0 Å². The lowest BCUT2D eigenvalue weighted by Gasteiger charge is -2.56. The maximum absolute atomic E-state index is 13.9. The topological polar surface area (TPSA) is 38.8 Å². The SMILES string of the molecule is CC[Si](CC)(CC)O[C@@]1(C)C(=O)N(c2ccc(OC)cc2)[C@H]1C(F)(F)F. The number of rotatable bonds is 7. The second-order valence-electron chi connectivity index (χ2n) is 6.77. The van der Waals surface area contributed by atoms with Gasteiger partial charge in [0.05, 0.1) is 7.11 Å². The zero-order valence-corrected chi connectivity index (χ0v) is 16.8. The summed E-state index contributed by atoms with van der Waals surface area (Å²) in [5.41, 5.74) is -1.68. The van der Waals surface area contributed by atoms with Crippen LogP contribution in [-0.4, -0.2) is 39.2 Å². The molecule has 1 aliphatic rings. The van der Waals surface area contributed by atoms with E-state index in [2.05, 4.69) is 0 Å². The van der Waals surface area contributed by atoms with Gasteiger partial charge in [-0.1, -0.05) is 20.8 Å². The molecule has 0 unspecified atom stereocenters. The third kappa shape index (κ3) is 3.36. The monoisotopic (exact) mass is 389 g/mol. The Morgan fingerprint density at radius 3 is 2.00 bits per heavy atom. The van der Waals surface area contributed by atoms with E-state index in [1.54, 1.807) is 0 Å². The highest BCUT2D eigenvalue weighted by atomic mass is 28.4. The maximum Gasteiger partial charge on any atom is 0.412 e. The van der Waals surface area contributed by atoms with Crippen LogP contribution in [0.4, 0.5) is 18.9 Å². The van der Waals surface area contributed by atoms with E-state index in [4.69, 9.17) is 9.16 Å². The number of ether oxygens (including phenoxy) is 1. The van der Waals surface area contributed by atoms with Crippen LogP contribution in [0.25, 0.3) is 0 Å². The van der Waals surface area contributed by atoms with Gasteiger partial charge in [-0.05, 0) is 49.3 Å². The molecule has 0 aromatic heterocycles. The van der Waals surface area contributed by atoms with Gasteiger partial charge in [0.1, 0.15) is 5.75 Å². The van der Waals surface area contributed by atoms with Crippen molar-refractivity contribution >= 4 is 19.9 Å². The summed E-state index contributed by atoms with van der Waals surface area (Å²) in [6, 6.07) is 6.03. The van der Waals surface area contributed by atoms with Crippen LogP contribution in [0.5, 0.6) is 5.75 Å². The van der Waals surface area contributed by atoms with Crippen LogP contribution in [0, 0.1) is 0 Å². The van der Waals surface area contributed by atoms with Crippen LogP contribution in [0.2, 0.25) is 18.1 Å². The van der Waals surface area contributed by atoms with E-state index in [-0.39, 0.29) is 5.69 Å². The molecule has 4 nitrogen and oxygen atoms in total. The maximum atomic E-state index is 13.9. The molecule has 1 aromatic carbocycles. The average molecular weight is 389 g/mol. The number of amides is 1. The summed E-state index contributed by atoms with van der Waals surface area (Å²) in [5, 5.41) is 0. The first kappa shape index (κ1) is 20.8. The van der Waals surface area contributed by atoms with Crippen molar-refractivity contribution in [1.29, 1.82) is 0 Å². The van der Waals surface area contributed by atoms with Gasteiger partial charge in [0.25, 0.3) is 5.91 Å². The summed E-state index contributed by atoms with van der Waals surface area (Å²) in [7, 11) is -0.928. The van der Waals surface area contributed by atoms with Crippen molar-refractivity contribution in [3.05, 3.63) is 24.3 Å². The molecule has 0 spiro atoms. The third-order valence-electron chi connectivity index (χ3n) is 5.45. The summed E-state index contributed by atoms with van der Waals surface area (Å²) >= 11 is 0. The lowest BCUT2D eigenvalue weighted by atomic mass is 9.82. The Balaban J connectivity index is 2.41. The number of halogens is 3. The molecule has 2 atom stereocenters. The molecule has 0 radical (unpaired) electrons. The van der Waals surface area contributed by atoms with Gasteiger partial charge in [0, 0.05) is 5.69 Å². The zero-order valence-electron chi connectivity index (χ0n) is 15.8. The van der Waals surface area contributed by atoms with Gasteiger partial charge in [-0.25, -0.2) is 0 Å². The summed E-state index contributed by atoms with van der Waals surface area (Å²) in [4.78, 5) is 13.6. The molecule has 1 aliphatic heterocycles. The minimum Gasteiger partial charge on any atom is -0.497 e. The number of anilines is 1. The molecule has 1 heterocycles. The molecular formula is C18H26F3NO3Si. The highest BCUT2D eigenvalue weighted by Gasteiger charge is 2.70. The normalized spacial score (nSPS) is 23.8. The van der Waals surface area contributed by atoms with Crippen molar-refractivity contribution in [3.8, 4) is 5.75 Å². The van der Waals surface area contributed by atoms with Crippen molar-refractivity contribution in [2.45, 2.75) is 63.6 Å². The van der Waals surface area contributed by atoms with E-state index in [9.17, 15) is 18.0 Å². The molecule has 1 saturated heterocycles. The molecule has 8 heteroatoms. The van der Waals surface area contributed by atoms with Crippen molar-refractivity contribution < 1.29 is 27.1 Å². The molecule has 2 rings (SSSR count). The van der Waals surface area contributed by atoms with E-state index in [0.717, 1.165) is 4.90 Å². The van der Waals surface area contributed by atoms with Gasteiger partial charge in [0.15, 0.2) is 20.0 Å². The lowest BCUT2D eigenvalue weighted by Crippen LogP contribution is -2.80. The summed E-state index contributed by atoms with van der Waals surface area (Å²) in [5.74, 6) is -0.129. The fourth-order valence-electron chi connectivity index (χ4n) is 3.64. The number of carbonyl (C=O) groups excluding carboxylic acids is 1. The first-order valence-corrected chi connectivity index (χ1v) is 11.4. The number of alkyl halides is 3. The Kier molecular flexibility index (Phi) is 5.77. The van der Waals surface area contributed by atoms with Crippen molar-refractivity contribution in [1.82, 2.24) is 0 Å². The van der Waals surface area contributed by atoms with E-state index >= 15 is 0 Å². The molecule has 1 fully saturated rings. The zero-order chi connectivity index (χ0) is 19.8. The summed E-state index contributed by atoms with van der Waals surface area (Å²) < 4.78 is 52.7. The van der Waals surface area contributed by atoms with Crippen LogP contribution in [0.3, 0.4) is 0 Å². The number of methoxy groups -OCH3 is 1. The number of β-lactam (4-membered cyclic amide) rings is 1. The molecule has 0 aliphatic carbocycles. The van der Waals surface area contributed by atoms with E-state index in [0.29, 0.717) is 23.9 Å². The van der Waals surface area contributed by atoms with Gasteiger partial charge in [0.2, 0.25) is 0 Å². The number of benzene rings is 1. The predicted molar refractivity (Wildman–Crippen MR) is 97.0 cm³/mol. The van der Waals surface area contributed by atoms with Gasteiger partial charge < -0.3 is 9.16 Å². The molecule has 1 aromatic rings. The predicted octanol–water partition coefficient (Wildman–Crippen LogP) is 4.75. The minimum atomic E-state index is -4.59. The quantitative estimate of drug-likeness (QED) is 0.499. The third-order valence-corrected chi connectivity index (χ3v) is 10.2. The molecule has 0 saturated carbocycles. The number of carbonyl (C=O) groups is 1. The Morgan fingerprint density at radius 2 is 1.62 bits per heavy atom. The largest absolute Gasteiger partial charge is 0.497 e. The molecule has 0 N–H and O–H groups in total.